The summed E-state index contributed by atoms with van der Waals surface area (Å²) in [6, 6.07) is 51.1. The fourth-order valence-electron chi connectivity index (χ4n) is 6.14. The minimum atomic E-state index is 0.939. The molecule has 0 N–H and O–H groups in total. The highest BCUT2D eigenvalue weighted by atomic mass is 15.1. The van der Waals surface area contributed by atoms with E-state index in [0.717, 1.165) is 39.4 Å². The van der Waals surface area contributed by atoms with Crippen molar-refractivity contribution in [3.05, 3.63) is 152 Å². The van der Waals surface area contributed by atoms with E-state index in [2.05, 4.69) is 138 Å². The van der Waals surface area contributed by atoms with Gasteiger partial charge in [0.1, 0.15) is 5.82 Å². The van der Waals surface area contributed by atoms with Crippen molar-refractivity contribution in [3.63, 3.8) is 0 Å². The number of aromatic nitrogens is 3. The molecular weight excluding hydrogens is 498 g/mol. The number of hydrogen-bond acceptors (Lipinski definition) is 2. The van der Waals surface area contributed by atoms with Gasteiger partial charge in [-0.25, -0.2) is 4.98 Å². The standard InChI is InChI=1S/C38H25N3/c1-2-14-26(15-3-1)41-35-24-11-10-23-34(35)40-38(41)37-31-20-8-6-18-29(31)36(30-19-7-9-21-32(30)37)28-17-5-4-16-27(28)33-22-12-13-25-39-33/h1-25H. The molecule has 3 nitrogen and oxygen atoms in total. The van der Waals surface area contributed by atoms with Crippen molar-refractivity contribution < 1.29 is 0 Å². The van der Waals surface area contributed by atoms with E-state index in [4.69, 9.17) is 9.97 Å². The van der Waals surface area contributed by atoms with Gasteiger partial charge in [0, 0.05) is 23.0 Å². The lowest BCUT2D eigenvalue weighted by Crippen LogP contribution is -2.00. The Bertz CT molecular complexity index is 2140. The Hall–Kier alpha value is -5.54. The molecule has 8 aromatic rings. The van der Waals surface area contributed by atoms with Crippen LogP contribution >= 0.6 is 0 Å². The molecule has 0 fully saturated rings. The molecule has 0 aliphatic heterocycles. The predicted octanol–water partition coefficient (Wildman–Crippen LogP) is 9.73. The summed E-state index contributed by atoms with van der Waals surface area (Å²) in [6.07, 6.45) is 1.86. The van der Waals surface area contributed by atoms with Gasteiger partial charge in [0.2, 0.25) is 0 Å². The van der Waals surface area contributed by atoms with Crippen LogP contribution in [0.1, 0.15) is 0 Å². The molecule has 0 unspecified atom stereocenters. The molecule has 0 bridgehead atoms. The van der Waals surface area contributed by atoms with Gasteiger partial charge in [0.05, 0.1) is 16.7 Å². The topological polar surface area (TPSA) is 30.7 Å². The molecule has 0 atom stereocenters. The van der Waals surface area contributed by atoms with Crippen molar-refractivity contribution in [2.45, 2.75) is 0 Å². The molecule has 6 aromatic carbocycles. The van der Waals surface area contributed by atoms with Crippen molar-refractivity contribution in [3.8, 4) is 39.5 Å². The molecule has 0 radical (unpaired) electrons. The summed E-state index contributed by atoms with van der Waals surface area (Å²) < 4.78 is 2.30. The zero-order valence-electron chi connectivity index (χ0n) is 22.3. The first-order valence-corrected chi connectivity index (χ1v) is 13.9. The molecule has 192 valence electrons. The minimum absolute atomic E-state index is 0.939. The van der Waals surface area contributed by atoms with E-state index >= 15 is 0 Å². The summed E-state index contributed by atoms with van der Waals surface area (Å²) in [6.45, 7) is 0. The van der Waals surface area contributed by atoms with Crippen LogP contribution in [0.25, 0.3) is 72.0 Å². The van der Waals surface area contributed by atoms with Crippen LogP contribution in [0.4, 0.5) is 0 Å². The Balaban J connectivity index is 1.53. The highest BCUT2D eigenvalue weighted by molar-refractivity contribution is 6.22. The Morgan fingerprint density at radius 1 is 0.439 bits per heavy atom. The number of nitrogens with zero attached hydrogens (tertiary/aromatic N) is 3. The molecule has 8 rings (SSSR count). The van der Waals surface area contributed by atoms with Gasteiger partial charge in [-0.2, -0.15) is 0 Å². The fraction of sp³-hybridized carbons (Fsp3) is 0. The lowest BCUT2D eigenvalue weighted by atomic mass is 9.86. The zero-order chi connectivity index (χ0) is 27.2. The van der Waals surface area contributed by atoms with Crippen LogP contribution in [-0.4, -0.2) is 14.5 Å². The SMILES string of the molecule is c1ccc(-n2c(-c3c4ccccc4c(-c4ccccc4-c4ccccn4)c4ccccc34)nc3ccccc32)cc1. The normalized spacial score (nSPS) is 11.4. The zero-order valence-corrected chi connectivity index (χ0v) is 22.3. The molecule has 0 amide bonds. The molecule has 0 spiro atoms. The third kappa shape index (κ3) is 3.75. The summed E-state index contributed by atoms with van der Waals surface area (Å²) in [5.41, 5.74) is 8.75. The van der Waals surface area contributed by atoms with Crippen LogP contribution in [0.5, 0.6) is 0 Å². The van der Waals surface area contributed by atoms with E-state index in [1.165, 1.54) is 32.7 Å². The summed E-state index contributed by atoms with van der Waals surface area (Å²) in [4.78, 5) is 10.00. The molecular formula is C38H25N3. The number of imidazole rings is 1. The van der Waals surface area contributed by atoms with Crippen LogP contribution in [0.3, 0.4) is 0 Å². The number of hydrogen-bond donors (Lipinski definition) is 0. The van der Waals surface area contributed by atoms with Gasteiger partial charge in [0.15, 0.2) is 0 Å². The first kappa shape index (κ1) is 23.4. The number of benzene rings is 6. The van der Waals surface area contributed by atoms with Crippen molar-refractivity contribution in [1.29, 1.82) is 0 Å². The van der Waals surface area contributed by atoms with Crippen LogP contribution < -0.4 is 0 Å². The monoisotopic (exact) mass is 523 g/mol. The van der Waals surface area contributed by atoms with E-state index in [1.54, 1.807) is 0 Å². The molecule has 3 heteroatoms. The lowest BCUT2D eigenvalue weighted by Gasteiger charge is -2.19. The quantitative estimate of drug-likeness (QED) is 0.215. The van der Waals surface area contributed by atoms with Crippen molar-refractivity contribution >= 4 is 32.6 Å². The highest BCUT2D eigenvalue weighted by Gasteiger charge is 2.23. The Morgan fingerprint density at radius 2 is 1.00 bits per heavy atom. The molecule has 41 heavy (non-hydrogen) atoms. The first-order valence-electron chi connectivity index (χ1n) is 13.9. The second-order valence-corrected chi connectivity index (χ2v) is 10.2. The van der Waals surface area contributed by atoms with Crippen molar-refractivity contribution in [2.75, 3.05) is 0 Å². The van der Waals surface area contributed by atoms with E-state index in [9.17, 15) is 0 Å². The molecule has 0 saturated carbocycles. The molecule has 0 aliphatic carbocycles. The van der Waals surface area contributed by atoms with E-state index in [1.807, 2.05) is 18.3 Å². The third-order valence-corrected chi connectivity index (χ3v) is 7.87. The molecule has 0 aliphatic rings. The van der Waals surface area contributed by atoms with Gasteiger partial charge in [-0.05, 0) is 69.1 Å². The van der Waals surface area contributed by atoms with Gasteiger partial charge in [-0.15, -0.1) is 0 Å². The van der Waals surface area contributed by atoms with Gasteiger partial charge in [-0.3, -0.25) is 9.55 Å². The Labute approximate surface area is 238 Å². The minimum Gasteiger partial charge on any atom is -0.292 e. The van der Waals surface area contributed by atoms with Crippen LogP contribution in [0.2, 0.25) is 0 Å². The van der Waals surface area contributed by atoms with E-state index in [-0.39, 0.29) is 0 Å². The second kappa shape index (κ2) is 9.58. The van der Waals surface area contributed by atoms with E-state index < -0.39 is 0 Å². The summed E-state index contributed by atoms with van der Waals surface area (Å²) >= 11 is 0. The fourth-order valence-corrected chi connectivity index (χ4v) is 6.14. The number of fused-ring (bicyclic) bond motifs is 3. The number of pyridine rings is 1. The summed E-state index contributed by atoms with van der Waals surface area (Å²) in [5.74, 6) is 0.939. The molecule has 0 saturated heterocycles. The van der Waals surface area contributed by atoms with Crippen molar-refractivity contribution in [1.82, 2.24) is 14.5 Å². The maximum absolute atomic E-state index is 5.28. The van der Waals surface area contributed by atoms with Gasteiger partial charge in [-0.1, -0.05) is 109 Å². The van der Waals surface area contributed by atoms with Crippen LogP contribution in [0.15, 0.2) is 152 Å². The summed E-state index contributed by atoms with van der Waals surface area (Å²) in [5, 5.41) is 4.72. The van der Waals surface area contributed by atoms with Crippen molar-refractivity contribution in [2.24, 2.45) is 0 Å². The number of rotatable bonds is 4. The smallest absolute Gasteiger partial charge is 0.146 e. The number of para-hydroxylation sites is 3. The second-order valence-electron chi connectivity index (χ2n) is 10.2. The molecule has 2 aromatic heterocycles. The largest absolute Gasteiger partial charge is 0.292 e. The van der Waals surface area contributed by atoms with Gasteiger partial charge in [0.25, 0.3) is 0 Å². The van der Waals surface area contributed by atoms with E-state index in [0.29, 0.717) is 0 Å². The van der Waals surface area contributed by atoms with Gasteiger partial charge < -0.3 is 0 Å². The Morgan fingerprint density at radius 3 is 1.68 bits per heavy atom. The lowest BCUT2D eigenvalue weighted by molar-refractivity contribution is 1.11. The van der Waals surface area contributed by atoms with Crippen LogP contribution in [-0.2, 0) is 0 Å². The third-order valence-electron chi connectivity index (χ3n) is 7.87. The first-order chi connectivity index (χ1) is 20.4. The van der Waals surface area contributed by atoms with Crippen LogP contribution in [0, 0.1) is 0 Å². The van der Waals surface area contributed by atoms with Gasteiger partial charge >= 0.3 is 0 Å². The highest BCUT2D eigenvalue weighted by Crippen LogP contribution is 2.46. The summed E-state index contributed by atoms with van der Waals surface area (Å²) in [7, 11) is 0. The maximum atomic E-state index is 5.28. The average molecular weight is 524 g/mol. The molecule has 2 heterocycles. The predicted molar refractivity (Wildman–Crippen MR) is 170 cm³/mol. The average Bonchev–Trinajstić information content (AvgIpc) is 3.43. The maximum Gasteiger partial charge on any atom is 0.146 e. The Kier molecular flexibility index (Phi) is 5.46.